The Bertz CT molecular complexity index is 408. The maximum Gasteiger partial charge on any atom is 0.141 e. The summed E-state index contributed by atoms with van der Waals surface area (Å²) in [6.07, 6.45) is 1.13. The quantitative estimate of drug-likeness (QED) is 0.848. The first-order valence-corrected chi connectivity index (χ1v) is 6.99. The van der Waals surface area contributed by atoms with Gasteiger partial charge < -0.3 is 20.3 Å². The molecule has 1 saturated heterocycles. The van der Waals surface area contributed by atoms with E-state index in [1.807, 2.05) is 6.07 Å². The molecule has 1 aliphatic heterocycles. The molecule has 2 rings (SSSR count). The van der Waals surface area contributed by atoms with E-state index in [-0.39, 0.29) is 0 Å². The summed E-state index contributed by atoms with van der Waals surface area (Å²) in [5.74, 6) is 0.916. The Morgan fingerprint density at radius 3 is 3.05 bits per heavy atom. The van der Waals surface area contributed by atoms with E-state index in [0.29, 0.717) is 6.04 Å². The van der Waals surface area contributed by atoms with Crippen LogP contribution in [0, 0.1) is 6.92 Å². The summed E-state index contributed by atoms with van der Waals surface area (Å²) in [4.78, 5) is 2.38. The van der Waals surface area contributed by atoms with E-state index in [9.17, 15) is 0 Å². The number of anilines is 1. The van der Waals surface area contributed by atoms with Crippen molar-refractivity contribution >= 4 is 5.69 Å². The number of hydrogen-bond acceptors (Lipinski definition) is 4. The lowest BCUT2D eigenvalue weighted by molar-refractivity contribution is 0.234. The van der Waals surface area contributed by atoms with Gasteiger partial charge in [-0.25, -0.2) is 0 Å². The van der Waals surface area contributed by atoms with Crippen LogP contribution < -0.4 is 15.4 Å². The lowest BCUT2D eigenvalue weighted by Crippen LogP contribution is -2.49. The molecule has 0 spiro atoms. The van der Waals surface area contributed by atoms with Gasteiger partial charge in [0, 0.05) is 32.2 Å². The molecule has 0 amide bonds. The van der Waals surface area contributed by atoms with Crippen molar-refractivity contribution in [1.29, 1.82) is 0 Å². The summed E-state index contributed by atoms with van der Waals surface area (Å²) in [5.41, 5.74) is 2.34. The smallest absolute Gasteiger partial charge is 0.141 e. The normalized spacial score (nSPS) is 20.3. The van der Waals surface area contributed by atoms with Gasteiger partial charge >= 0.3 is 0 Å². The predicted octanol–water partition coefficient (Wildman–Crippen LogP) is 1.71. The highest BCUT2D eigenvalue weighted by Crippen LogP contribution is 2.25. The number of methoxy groups -OCH3 is 1. The van der Waals surface area contributed by atoms with Crippen LogP contribution >= 0.6 is 0 Å². The van der Waals surface area contributed by atoms with Crippen LogP contribution in [-0.2, 0) is 0 Å². The summed E-state index contributed by atoms with van der Waals surface area (Å²) in [6.45, 7) is 6.44. The minimum Gasteiger partial charge on any atom is -0.495 e. The predicted molar refractivity (Wildman–Crippen MR) is 80.1 cm³/mol. The first-order chi connectivity index (χ1) is 9.19. The summed E-state index contributed by atoms with van der Waals surface area (Å²) in [7, 11) is 3.90. The highest BCUT2D eigenvalue weighted by molar-refractivity contribution is 5.57. The van der Waals surface area contributed by atoms with E-state index < -0.39 is 0 Å². The fourth-order valence-corrected chi connectivity index (χ4v) is 2.53. The van der Waals surface area contributed by atoms with Crippen LogP contribution in [0.25, 0.3) is 0 Å². The third-order valence-electron chi connectivity index (χ3n) is 3.62. The molecule has 1 atom stereocenters. The SMILES string of the molecule is COc1ccc(C)cc1NCCC1CN(C)CCN1. The molecule has 4 nitrogen and oxygen atoms in total. The first kappa shape index (κ1) is 14.2. The Morgan fingerprint density at radius 1 is 1.47 bits per heavy atom. The van der Waals surface area contributed by atoms with Crippen LogP contribution in [0.4, 0.5) is 5.69 Å². The molecule has 4 heteroatoms. The van der Waals surface area contributed by atoms with Gasteiger partial charge in [-0.3, -0.25) is 0 Å². The molecule has 0 radical (unpaired) electrons. The maximum absolute atomic E-state index is 5.37. The standard InChI is InChI=1S/C15H25N3O/c1-12-4-5-15(19-3)14(10-12)17-7-6-13-11-18(2)9-8-16-13/h4-5,10,13,16-17H,6-9,11H2,1-3H3. The van der Waals surface area contributed by atoms with E-state index in [1.54, 1.807) is 7.11 Å². The van der Waals surface area contributed by atoms with Gasteiger partial charge in [-0.2, -0.15) is 0 Å². The fourth-order valence-electron chi connectivity index (χ4n) is 2.53. The van der Waals surface area contributed by atoms with Crippen LogP contribution in [0.15, 0.2) is 18.2 Å². The largest absolute Gasteiger partial charge is 0.495 e. The lowest BCUT2D eigenvalue weighted by atomic mass is 10.1. The van der Waals surface area contributed by atoms with E-state index in [2.05, 4.69) is 41.6 Å². The van der Waals surface area contributed by atoms with Crippen molar-refractivity contribution in [3.63, 3.8) is 0 Å². The van der Waals surface area contributed by atoms with Crippen molar-refractivity contribution in [2.24, 2.45) is 0 Å². The van der Waals surface area contributed by atoms with Gasteiger partial charge in [0.2, 0.25) is 0 Å². The second-order valence-corrected chi connectivity index (χ2v) is 5.33. The number of likely N-dealkylation sites (N-methyl/N-ethyl adjacent to an activating group) is 1. The highest BCUT2D eigenvalue weighted by Gasteiger charge is 2.15. The Labute approximate surface area is 116 Å². The molecule has 1 fully saturated rings. The van der Waals surface area contributed by atoms with Crippen molar-refractivity contribution in [3.8, 4) is 5.75 Å². The molecule has 1 aliphatic rings. The van der Waals surface area contributed by atoms with Crippen molar-refractivity contribution in [3.05, 3.63) is 23.8 Å². The summed E-state index contributed by atoms with van der Waals surface area (Å²) in [5, 5.41) is 7.05. The van der Waals surface area contributed by atoms with Crippen molar-refractivity contribution in [1.82, 2.24) is 10.2 Å². The Balaban J connectivity index is 1.83. The van der Waals surface area contributed by atoms with E-state index in [4.69, 9.17) is 4.74 Å². The van der Waals surface area contributed by atoms with Crippen LogP contribution in [0.3, 0.4) is 0 Å². The van der Waals surface area contributed by atoms with Crippen LogP contribution in [0.2, 0.25) is 0 Å². The average Bonchev–Trinajstić information content (AvgIpc) is 2.39. The third-order valence-corrected chi connectivity index (χ3v) is 3.62. The number of hydrogen-bond donors (Lipinski definition) is 2. The molecule has 0 aromatic heterocycles. The van der Waals surface area contributed by atoms with Gasteiger partial charge in [-0.1, -0.05) is 6.07 Å². The Hall–Kier alpha value is -1.26. The topological polar surface area (TPSA) is 36.5 Å². The fraction of sp³-hybridized carbons (Fsp3) is 0.600. The molecule has 2 N–H and O–H groups in total. The number of aryl methyl sites for hydroxylation is 1. The van der Waals surface area contributed by atoms with Crippen molar-refractivity contribution in [2.75, 3.05) is 45.7 Å². The Kier molecular flexibility index (Phi) is 5.05. The lowest BCUT2D eigenvalue weighted by Gasteiger charge is -2.31. The first-order valence-electron chi connectivity index (χ1n) is 6.99. The Morgan fingerprint density at radius 2 is 2.32 bits per heavy atom. The molecule has 1 heterocycles. The second kappa shape index (κ2) is 6.78. The van der Waals surface area contributed by atoms with E-state index >= 15 is 0 Å². The minimum absolute atomic E-state index is 0.585. The van der Waals surface area contributed by atoms with Crippen molar-refractivity contribution in [2.45, 2.75) is 19.4 Å². The number of rotatable bonds is 5. The molecule has 0 bridgehead atoms. The average molecular weight is 263 g/mol. The molecule has 1 aromatic carbocycles. The maximum atomic E-state index is 5.37. The summed E-state index contributed by atoms with van der Waals surface area (Å²) >= 11 is 0. The van der Waals surface area contributed by atoms with Gasteiger partial charge in [0.1, 0.15) is 5.75 Å². The van der Waals surface area contributed by atoms with Gasteiger partial charge in [0.25, 0.3) is 0 Å². The van der Waals surface area contributed by atoms with Crippen LogP contribution in [0.5, 0.6) is 5.75 Å². The molecular weight excluding hydrogens is 238 g/mol. The highest BCUT2D eigenvalue weighted by atomic mass is 16.5. The van der Waals surface area contributed by atoms with Gasteiger partial charge in [-0.05, 0) is 38.1 Å². The molecule has 19 heavy (non-hydrogen) atoms. The monoisotopic (exact) mass is 263 g/mol. The number of piperazine rings is 1. The van der Waals surface area contributed by atoms with Crippen LogP contribution in [0.1, 0.15) is 12.0 Å². The second-order valence-electron chi connectivity index (χ2n) is 5.33. The van der Waals surface area contributed by atoms with Crippen LogP contribution in [-0.4, -0.2) is 51.3 Å². The molecule has 1 aromatic rings. The zero-order valence-electron chi connectivity index (χ0n) is 12.2. The molecular formula is C15H25N3O. The van der Waals surface area contributed by atoms with Gasteiger partial charge in [-0.15, -0.1) is 0 Å². The third kappa shape index (κ3) is 4.11. The number of ether oxygens (including phenoxy) is 1. The molecule has 0 aliphatic carbocycles. The van der Waals surface area contributed by atoms with Gasteiger partial charge in [0.15, 0.2) is 0 Å². The van der Waals surface area contributed by atoms with E-state index in [1.165, 1.54) is 5.56 Å². The zero-order valence-corrected chi connectivity index (χ0v) is 12.2. The molecule has 0 saturated carbocycles. The molecule has 1 unspecified atom stereocenters. The number of nitrogens with zero attached hydrogens (tertiary/aromatic N) is 1. The summed E-state index contributed by atoms with van der Waals surface area (Å²) in [6, 6.07) is 6.81. The minimum atomic E-state index is 0.585. The van der Waals surface area contributed by atoms with Gasteiger partial charge in [0.05, 0.1) is 12.8 Å². The zero-order chi connectivity index (χ0) is 13.7. The number of nitrogens with one attached hydrogen (secondary N) is 2. The molecule has 106 valence electrons. The van der Waals surface area contributed by atoms with E-state index in [0.717, 1.165) is 44.0 Å². The number of benzene rings is 1. The van der Waals surface area contributed by atoms with Crippen molar-refractivity contribution < 1.29 is 4.74 Å². The summed E-state index contributed by atoms with van der Waals surface area (Å²) < 4.78 is 5.37.